The van der Waals surface area contributed by atoms with Crippen LogP contribution in [0.4, 0.5) is 11.5 Å². The van der Waals surface area contributed by atoms with E-state index in [0.29, 0.717) is 41.2 Å². The Hall–Kier alpha value is -3.39. The lowest BCUT2D eigenvalue weighted by atomic mass is 9.66. The third-order valence-electron chi connectivity index (χ3n) is 6.28. The van der Waals surface area contributed by atoms with E-state index in [9.17, 15) is 19.7 Å². The number of ketones is 1. The maximum absolute atomic E-state index is 13.5. The zero-order valence-electron chi connectivity index (χ0n) is 19.4. The molecule has 1 amide bonds. The maximum atomic E-state index is 13.5. The maximum Gasteiger partial charge on any atom is 0.288 e. The summed E-state index contributed by atoms with van der Waals surface area (Å²) < 4.78 is 0. The first-order chi connectivity index (χ1) is 16.0. The van der Waals surface area contributed by atoms with Crippen molar-refractivity contribution in [2.45, 2.75) is 46.5 Å². The Morgan fingerprint density at radius 1 is 1.21 bits per heavy atom. The smallest absolute Gasteiger partial charge is 0.288 e. The number of benzene rings is 1. The third kappa shape index (κ3) is 4.50. The lowest BCUT2D eigenvalue weighted by Gasteiger charge is -2.39. The van der Waals surface area contributed by atoms with Gasteiger partial charge in [0.25, 0.3) is 5.69 Å². The molecule has 0 radical (unpaired) electrons. The minimum atomic E-state index is -0.841. The Kier molecular flexibility index (Phi) is 6.12. The molecule has 1 aliphatic heterocycles. The van der Waals surface area contributed by atoms with Gasteiger partial charge in [0.05, 0.1) is 10.8 Å². The van der Waals surface area contributed by atoms with Crippen molar-refractivity contribution in [3.8, 4) is 0 Å². The lowest BCUT2D eigenvalue weighted by Crippen LogP contribution is -2.41. The van der Waals surface area contributed by atoms with E-state index in [1.165, 1.54) is 12.1 Å². The second-order valence-corrected chi connectivity index (χ2v) is 10.1. The molecule has 1 aliphatic carbocycles. The van der Waals surface area contributed by atoms with E-state index in [0.717, 1.165) is 5.56 Å². The molecule has 8 nitrogen and oxygen atoms in total. The van der Waals surface area contributed by atoms with Gasteiger partial charge in [-0.2, -0.15) is 0 Å². The monoisotopic (exact) mass is 480 g/mol. The van der Waals surface area contributed by atoms with Crippen LogP contribution < -0.4 is 5.32 Å². The van der Waals surface area contributed by atoms with Gasteiger partial charge in [-0.25, -0.2) is 4.98 Å². The van der Waals surface area contributed by atoms with Crippen LogP contribution >= 0.6 is 11.6 Å². The Morgan fingerprint density at radius 3 is 2.62 bits per heavy atom. The summed E-state index contributed by atoms with van der Waals surface area (Å²) in [6, 6.07) is 7.99. The molecule has 0 saturated carbocycles. The van der Waals surface area contributed by atoms with Crippen LogP contribution in [-0.4, -0.2) is 27.3 Å². The van der Waals surface area contributed by atoms with E-state index < -0.39 is 16.8 Å². The number of nitrogens with zero attached hydrogens (tertiary/aromatic N) is 3. The molecule has 2 aromatic rings. The van der Waals surface area contributed by atoms with Gasteiger partial charge in [0.15, 0.2) is 5.78 Å². The Balaban J connectivity index is 1.85. The number of aryl methyl sites for hydroxylation is 1. The van der Waals surface area contributed by atoms with Crippen molar-refractivity contribution < 1.29 is 14.5 Å². The minimum absolute atomic E-state index is 0.00906. The number of aliphatic imine (C=N–C) groups is 1. The van der Waals surface area contributed by atoms with Crippen LogP contribution in [0.3, 0.4) is 0 Å². The average Bonchev–Trinajstić information content (AvgIpc) is 2.71. The molecule has 2 aliphatic rings. The number of amides is 1. The van der Waals surface area contributed by atoms with E-state index in [1.807, 2.05) is 26.8 Å². The minimum Gasteiger partial charge on any atom is -0.310 e. The number of carbonyl (C=O) groups excluding carboxylic acids is 2. The van der Waals surface area contributed by atoms with Crippen LogP contribution in [-0.2, 0) is 9.59 Å². The molecule has 9 heteroatoms. The van der Waals surface area contributed by atoms with Crippen LogP contribution in [0, 0.1) is 28.4 Å². The van der Waals surface area contributed by atoms with Crippen LogP contribution in [0.15, 0.2) is 52.8 Å². The molecular weight excluding hydrogens is 456 g/mol. The fourth-order valence-corrected chi connectivity index (χ4v) is 5.00. The van der Waals surface area contributed by atoms with Gasteiger partial charge in [-0.3, -0.25) is 24.7 Å². The van der Waals surface area contributed by atoms with Crippen LogP contribution in [0.5, 0.6) is 0 Å². The summed E-state index contributed by atoms with van der Waals surface area (Å²) in [6.07, 6.45) is 2.48. The molecule has 4 rings (SSSR count). The van der Waals surface area contributed by atoms with Crippen molar-refractivity contribution in [1.29, 1.82) is 0 Å². The molecule has 2 heterocycles. The van der Waals surface area contributed by atoms with Crippen LogP contribution in [0.25, 0.3) is 0 Å². The number of Topliss-reactive ketones (excluding diaryl/α,β-unsaturated/α-hetero) is 1. The summed E-state index contributed by atoms with van der Waals surface area (Å²) in [6.45, 7) is 7.65. The number of anilines is 1. The van der Waals surface area contributed by atoms with E-state index in [-0.39, 0.29) is 27.8 Å². The second kappa shape index (κ2) is 8.76. The van der Waals surface area contributed by atoms with Gasteiger partial charge in [0.1, 0.15) is 10.8 Å². The SMILES string of the molecule is CC1=NC2=C(C(=O)CC(C)(C)C2)[C@H](c2ccc(Cl)c([N+](=O)[O-])c2)C1C(=O)Nc1cc(C)ccn1. The lowest BCUT2D eigenvalue weighted by molar-refractivity contribution is -0.384. The summed E-state index contributed by atoms with van der Waals surface area (Å²) in [5.41, 5.74) is 2.48. The molecule has 0 spiro atoms. The van der Waals surface area contributed by atoms with Crippen molar-refractivity contribution in [1.82, 2.24) is 4.98 Å². The van der Waals surface area contributed by atoms with Crippen molar-refractivity contribution in [3.05, 3.63) is 74.1 Å². The number of pyridine rings is 1. The van der Waals surface area contributed by atoms with Crippen molar-refractivity contribution in [2.24, 2.45) is 16.3 Å². The topological polar surface area (TPSA) is 115 Å². The average molecular weight is 481 g/mol. The second-order valence-electron chi connectivity index (χ2n) is 9.69. The van der Waals surface area contributed by atoms with Gasteiger partial charge < -0.3 is 5.32 Å². The Bertz CT molecular complexity index is 1280. The summed E-state index contributed by atoms with van der Waals surface area (Å²) in [5.74, 6) is -1.67. The first kappa shape index (κ1) is 23.8. The highest BCUT2D eigenvalue weighted by atomic mass is 35.5. The van der Waals surface area contributed by atoms with Gasteiger partial charge in [-0.1, -0.05) is 31.5 Å². The molecular formula is C25H25ClN4O4. The number of halogens is 1. The van der Waals surface area contributed by atoms with Crippen molar-refractivity contribution >= 4 is 40.5 Å². The van der Waals surface area contributed by atoms with Crippen LogP contribution in [0.1, 0.15) is 50.7 Å². The van der Waals surface area contributed by atoms with E-state index >= 15 is 0 Å². The number of nitro groups is 1. The normalized spacial score (nSPS) is 21.6. The fourth-order valence-electron chi connectivity index (χ4n) is 4.82. The molecule has 0 fully saturated rings. The van der Waals surface area contributed by atoms with E-state index in [2.05, 4.69) is 10.3 Å². The predicted octanol–water partition coefficient (Wildman–Crippen LogP) is 5.41. The Morgan fingerprint density at radius 2 is 1.94 bits per heavy atom. The number of allylic oxidation sites excluding steroid dienone is 2. The number of aromatic nitrogens is 1. The summed E-state index contributed by atoms with van der Waals surface area (Å²) >= 11 is 6.05. The molecule has 176 valence electrons. The summed E-state index contributed by atoms with van der Waals surface area (Å²) in [5, 5.41) is 14.4. The first-order valence-corrected chi connectivity index (χ1v) is 11.3. The molecule has 1 aromatic carbocycles. The molecule has 2 atom stereocenters. The zero-order chi connectivity index (χ0) is 24.8. The predicted molar refractivity (Wildman–Crippen MR) is 130 cm³/mol. The fraction of sp³-hybridized carbons (Fsp3) is 0.360. The standard InChI is InChI=1S/C25H25ClN4O4/c1-13-7-8-27-20(9-13)29-24(32)21-14(2)28-17-11-25(3,4)12-19(31)23(17)22(21)15-5-6-16(26)18(10-15)30(33)34/h5-10,21-22H,11-12H2,1-4H3,(H,27,29,32)/t21?,22-/m1/s1. The number of hydrogen-bond donors (Lipinski definition) is 1. The first-order valence-electron chi connectivity index (χ1n) is 11.0. The van der Waals surface area contributed by atoms with Crippen molar-refractivity contribution in [3.63, 3.8) is 0 Å². The number of rotatable bonds is 4. The molecule has 34 heavy (non-hydrogen) atoms. The summed E-state index contributed by atoms with van der Waals surface area (Å²) in [7, 11) is 0. The third-order valence-corrected chi connectivity index (χ3v) is 6.60. The molecule has 0 bridgehead atoms. The van der Waals surface area contributed by atoms with Crippen molar-refractivity contribution in [2.75, 3.05) is 5.32 Å². The van der Waals surface area contributed by atoms with E-state index in [4.69, 9.17) is 16.6 Å². The van der Waals surface area contributed by atoms with Gasteiger partial charge >= 0.3 is 0 Å². The zero-order valence-corrected chi connectivity index (χ0v) is 20.1. The van der Waals surface area contributed by atoms with E-state index in [1.54, 1.807) is 25.3 Å². The number of carbonyl (C=O) groups is 2. The largest absolute Gasteiger partial charge is 0.310 e. The molecule has 1 aromatic heterocycles. The highest BCUT2D eigenvalue weighted by Crippen LogP contribution is 2.48. The number of nitro benzene ring substituents is 1. The number of hydrogen-bond acceptors (Lipinski definition) is 6. The quantitative estimate of drug-likeness (QED) is 0.464. The molecule has 1 unspecified atom stereocenters. The molecule has 1 N–H and O–H groups in total. The van der Waals surface area contributed by atoms with Gasteiger partial charge in [0.2, 0.25) is 5.91 Å². The number of nitrogens with one attached hydrogen (secondary N) is 1. The van der Waals surface area contributed by atoms with Gasteiger partial charge in [-0.05, 0) is 55.0 Å². The van der Waals surface area contributed by atoms with Crippen LogP contribution in [0.2, 0.25) is 5.02 Å². The van der Waals surface area contributed by atoms with Gasteiger partial charge in [-0.15, -0.1) is 0 Å². The molecule has 0 saturated heterocycles. The van der Waals surface area contributed by atoms with Gasteiger partial charge in [0, 0.05) is 41.6 Å². The Labute approximate surface area is 202 Å². The summed E-state index contributed by atoms with van der Waals surface area (Å²) in [4.78, 5) is 46.8. The highest BCUT2D eigenvalue weighted by Gasteiger charge is 2.45. The highest BCUT2D eigenvalue weighted by molar-refractivity contribution is 6.32.